The van der Waals surface area contributed by atoms with Crippen LogP contribution in [-0.2, 0) is 11.2 Å². The predicted molar refractivity (Wildman–Crippen MR) is 60.9 cm³/mol. The summed E-state index contributed by atoms with van der Waals surface area (Å²) in [6, 6.07) is 0.331. The molecule has 0 aromatic carbocycles. The van der Waals surface area contributed by atoms with Gasteiger partial charge in [0.25, 0.3) is 0 Å². The molecule has 0 radical (unpaired) electrons. The maximum Gasteiger partial charge on any atom is 0.226 e. The van der Waals surface area contributed by atoms with Crippen LogP contribution < -0.4 is 5.32 Å². The lowest BCUT2D eigenvalue weighted by atomic mass is 10.2. The lowest BCUT2D eigenvalue weighted by molar-refractivity contribution is -0.121. The maximum absolute atomic E-state index is 11.6. The SMILES string of the molecule is Cc1nc(CC(=O)NC(C)C2CC2)cs1. The molecule has 1 unspecified atom stereocenters. The van der Waals surface area contributed by atoms with Gasteiger partial charge in [-0.05, 0) is 32.6 Å². The second-order valence-electron chi connectivity index (χ2n) is 4.23. The van der Waals surface area contributed by atoms with Crippen LogP contribution in [0.3, 0.4) is 0 Å². The van der Waals surface area contributed by atoms with Gasteiger partial charge in [0.05, 0.1) is 17.1 Å². The summed E-state index contributed by atoms with van der Waals surface area (Å²) in [4.78, 5) is 15.9. The molecule has 1 atom stereocenters. The Morgan fingerprint density at radius 1 is 1.73 bits per heavy atom. The Balaban J connectivity index is 1.81. The van der Waals surface area contributed by atoms with Crippen LogP contribution in [0.15, 0.2) is 5.38 Å². The topological polar surface area (TPSA) is 42.0 Å². The molecule has 1 aliphatic rings. The molecule has 1 aliphatic carbocycles. The van der Waals surface area contributed by atoms with Gasteiger partial charge in [0.15, 0.2) is 0 Å². The molecule has 0 saturated heterocycles. The number of carbonyl (C=O) groups is 1. The van der Waals surface area contributed by atoms with Crippen molar-refractivity contribution >= 4 is 17.2 Å². The molecule has 0 spiro atoms. The van der Waals surface area contributed by atoms with Crippen molar-refractivity contribution in [3.8, 4) is 0 Å². The van der Waals surface area contributed by atoms with Crippen LogP contribution in [0.5, 0.6) is 0 Å². The van der Waals surface area contributed by atoms with Gasteiger partial charge in [0, 0.05) is 11.4 Å². The van der Waals surface area contributed by atoms with E-state index in [2.05, 4.69) is 17.2 Å². The van der Waals surface area contributed by atoms with Gasteiger partial charge in [-0.2, -0.15) is 0 Å². The lowest BCUT2D eigenvalue weighted by Gasteiger charge is -2.11. The molecule has 2 rings (SSSR count). The summed E-state index contributed by atoms with van der Waals surface area (Å²) in [6.45, 7) is 4.04. The van der Waals surface area contributed by atoms with E-state index in [-0.39, 0.29) is 5.91 Å². The molecule has 4 heteroatoms. The van der Waals surface area contributed by atoms with Crippen molar-refractivity contribution in [2.45, 2.75) is 39.2 Å². The summed E-state index contributed by atoms with van der Waals surface area (Å²) in [5.41, 5.74) is 0.887. The minimum Gasteiger partial charge on any atom is -0.353 e. The van der Waals surface area contributed by atoms with Crippen LogP contribution in [0.4, 0.5) is 0 Å². The highest BCUT2D eigenvalue weighted by molar-refractivity contribution is 7.09. The third-order valence-electron chi connectivity index (χ3n) is 2.73. The van der Waals surface area contributed by atoms with E-state index in [0.29, 0.717) is 18.4 Å². The van der Waals surface area contributed by atoms with Crippen molar-refractivity contribution in [1.29, 1.82) is 0 Å². The normalized spacial score (nSPS) is 17.5. The number of aryl methyl sites for hydroxylation is 1. The molecule has 0 bridgehead atoms. The lowest BCUT2D eigenvalue weighted by Crippen LogP contribution is -2.35. The second kappa shape index (κ2) is 4.31. The second-order valence-corrected chi connectivity index (χ2v) is 5.29. The quantitative estimate of drug-likeness (QED) is 0.849. The number of nitrogens with one attached hydrogen (secondary N) is 1. The van der Waals surface area contributed by atoms with Crippen LogP contribution in [0.2, 0.25) is 0 Å². The summed E-state index contributed by atoms with van der Waals surface area (Å²) in [6.07, 6.45) is 2.94. The maximum atomic E-state index is 11.6. The molecule has 82 valence electrons. The number of hydrogen-bond acceptors (Lipinski definition) is 3. The van der Waals surface area contributed by atoms with E-state index in [4.69, 9.17) is 0 Å². The van der Waals surface area contributed by atoms with Crippen molar-refractivity contribution in [3.05, 3.63) is 16.1 Å². The Morgan fingerprint density at radius 3 is 3.00 bits per heavy atom. The van der Waals surface area contributed by atoms with Gasteiger partial charge >= 0.3 is 0 Å². The molecule has 1 N–H and O–H groups in total. The standard InChI is InChI=1S/C11H16N2OS/c1-7(9-3-4-9)12-11(14)5-10-6-15-8(2)13-10/h6-7,9H,3-5H2,1-2H3,(H,12,14). The highest BCUT2D eigenvalue weighted by Gasteiger charge is 2.28. The molecule has 1 aromatic rings. The fourth-order valence-electron chi connectivity index (χ4n) is 1.67. The van der Waals surface area contributed by atoms with Crippen molar-refractivity contribution in [2.24, 2.45) is 5.92 Å². The van der Waals surface area contributed by atoms with E-state index < -0.39 is 0 Å². The molecule has 1 amide bonds. The Morgan fingerprint density at radius 2 is 2.47 bits per heavy atom. The summed E-state index contributed by atoms with van der Waals surface area (Å²) >= 11 is 1.59. The van der Waals surface area contributed by atoms with Crippen LogP contribution in [0, 0.1) is 12.8 Å². The Labute approximate surface area is 93.9 Å². The van der Waals surface area contributed by atoms with Gasteiger partial charge < -0.3 is 5.32 Å². The fraction of sp³-hybridized carbons (Fsp3) is 0.636. The molecule has 1 heterocycles. The zero-order valence-electron chi connectivity index (χ0n) is 9.12. The van der Waals surface area contributed by atoms with Crippen LogP contribution in [0.1, 0.15) is 30.5 Å². The molecule has 1 saturated carbocycles. The van der Waals surface area contributed by atoms with Gasteiger partial charge in [-0.3, -0.25) is 4.79 Å². The van der Waals surface area contributed by atoms with E-state index in [1.165, 1.54) is 12.8 Å². The van der Waals surface area contributed by atoms with E-state index in [1.807, 2.05) is 12.3 Å². The summed E-state index contributed by atoms with van der Waals surface area (Å²) < 4.78 is 0. The van der Waals surface area contributed by atoms with E-state index >= 15 is 0 Å². The van der Waals surface area contributed by atoms with Crippen LogP contribution in [0.25, 0.3) is 0 Å². The highest BCUT2D eigenvalue weighted by atomic mass is 32.1. The smallest absolute Gasteiger partial charge is 0.226 e. The molecule has 1 aromatic heterocycles. The van der Waals surface area contributed by atoms with Gasteiger partial charge in [-0.15, -0.1) is 11.3 Å². The van der Waals surface area contributed by atoms with E-state index in [0.717, 1.165) is 10.7 Å². The number of carbonyl (C=O) groups excluding carboxylic acids is 1. The average molecular weight is 224 g/mol. The largest absolute Gasteiger partial charge is 0.353 e. The molecule has 15 heavy (non-hydrogen) atoms. The van der Waals surface area contributed by atoms with E-state index in [1.54, 1.807) is 11.3 Å². The first-order valence-corrected chi connectivity index (χ1v) is 6.23. The van der Waals surface area contributed by atoms with Crippen LogP contribution >= 0.6 is 11.3 Å². The number of aromatic nitrogens is 1. The van der Waals surface area contributed by atoms with Gasteiger partial charge in [0.2, 0.25) is 5.91 Å². The zero-order valence-corrected chi connectivity index (χ0v) is 9.93. The summed E-state index contributed by atoms with van der Waals surface area (Å²) in [7, 11) is 0. The van der Waals surface area contributed by atoms with E-state index in [9.17, 15) is 4.79 Å². The first kappa shape index (κ1) is 10.6. The van der Waals surface area contributed by atoms with Gasteiger partial charge in [0.1, 0.15) is 0 Å². The number of rotatable bonds is 4. The van der Waals surface area contributed by atoms with Gasteiger partial charge in [-0.1, -0.05) is 0 Å². The van der Waals surface area contributed by atoms with Crippen LogP contribution in [-0.4, -0.2) is 16.9 Å². The zero-order chi connectivity index (χ0) is 10.8. The third kappa shape index (κ3) is 3.02. The Bertz CT molecular complexity index is 357. The molecule has 0 aliphatic heterocycles. The van der Waals surface area contributed by atoms with Crippen molar-refractivity contribution in [1.82, 2.24) is 10.3 Å². The number of hydrogen-bond donors (Lipinski definition) is 1. The minimum atomic E-state index is 0.0969. The monoisotopic (exact) mass is 224 g/mol. The van der Waals surface area contributed by atoms with Crippen molar-refractivity contribution in [2.75, 3.05) is 0 Å². The minimum absolute atomic E-state index is 0.0969. The fourth-order valence-corrected chi connectivity index (χ4v) is 2.29. The predicted octanol–water partition coefficient (Wildman–Crippen LogP) is 1.91. The third-order valence-corrected chi connectivity index (χ3v) is 3.55. The molecular weight excluding hydrogens is 208 g/mol. The Hall–Kier alpha value is -0.900. The first-order chi connectivity index (χ1) is 7.15. The molecule has 1 fully saturated rings. The Kier molecular flexibility index (Phi) is 3.05. The van der Waals surface area contributed by atoms with Crippen molar-refractivity contribution in [3.63, 3.8) is 0 Å². The molecule has 3 nitrogen and oxygen atoms in total. The number of thiazole rings is 1. The average Bonchev–Trinajstić information content (AvgIpc) is 2.92. The van der Waals surface area contributed by atoms with Gasteiger partial charge in [-0.25, -0.2) is 4.98 Å². The number of nitrogens with zero attached hydrogens (tertiary/aromatic N) is 1. The first-order valence-electron chi connectivity index (χ1n) is 5.35. The summed E-state index contributed by atoms with van der Waals surface area (Å²) in [5.74, 6) is 0.811. The van der Waals surface area contributed by atoms with Crippen molar-refractivity contribution < 1.29 is 4.79 Å². The molecular formula is C11H16N2OS. The number of amides is 1. The summed E-state index contributed by atoms with van der Waals surface area (Å²) in [5, 5.41) is 6.00. The highest BCUT2D eigenvalue weighted by Crippen LogP contribution is 2.32.